The number of hydrogen-bond donors (Lipinski definition) is 4. The maximum Gasteiger partial charge on any atom is 0.225 e. The standard InChI is InChI=1S/C16H22N6O4/c17-12-9-13(19-6-18-12)22(7-20-9)16-11(24)10(23)15(26-16)21-14(25)8-4-2-1-3-5-8/h6-8,10-11,15-16,23-24H,1-5H2,(H,21,25)(H2,17,18,19)/t10-,11+,15-,16+/m0/s1. The molecule has 1 saturated carbocycles. The first-order chi connectivity index (χ1) is 12.6. The zero-order valence-corrected chi connectivity index (χ0v) is 14.2. The molecular formula is C16H22N6O4. The summed E-state index contributed by atoms with van der Waals surface area (Å²) in [5.41, 5.74) is 6.53. The maximum absolute atomic E-state index is 12.4. The van der Waals surface area contributed by atoms with Crippen LogP contribution in [0.3, 0.4) is 0 Å². The Bertz CT molecular complexity index is 805. The third-order valence-electron chi connectivity index (χ3n) is 5.16. The fourth-order valence-electron chi connectivity index (χ4n) is 3.69. The van der Waals surface area contributed by atoms with E-state index in [1.54, 1.807) is 0 Å². The van der Waals surface area contributed by atoms with Crippen LogP contribution in [0.15, 0.2) is 12.7 Å². The van der Waals surface area contributed by atoms with E-state index < -0.39 is 24.7 Å². The second-order valence-corrected chi connectivity index (χ2v) is 6.85. The summed E-state index contributed by atoms with van der Waals surface area (Å²) >= 11 is 0. The van der Waals surface area contributed by atoms with Crippen LogP contribution in [0.4, 0.5) is 5.82 Å². The van der Waals surface area contributed by atoms with Crippen LogP contribution < -0.4 is 11.1 Å². The number of nitrogens with one attached hydrogen (secondary N) is 1. The molecule has 26 heavy (non-hydrogen) atoms. The molecule has 0 spiro atoms. The predicted octanol–water partition coefficient (Wildman–Crippen LogP) is -0.318. The number of aromatic nitrogens is 4. The number of ether oxygens (including phenoxy) is 1. The number of aliphatic hydroxyl groups is 2. The third kappa shape index (κ3) is 2.89. The van der Waals surface area contributed by atoms with Gasteiger partial charge in [-0.15, -0.1) is 0 Å². The molecule has 1 saturated heterocycles. The molecule has 0 bridgehead atoms. The Morgan fingerprint density at radius 3 is 2.73 bits per heavy atom. The molecule has 10 heteroatoms. The molecule has 3 heterocycles. The lowest BCUT2D eigenvalue weighted by molar-refractivity contribution is -0.133. The summed E-state index contributed by atoms with van der Waals surface area (Å²) in [6, 6.07) is 0. The molecule has 4 rings (SSSR count). The van der Waals surface area contributed by atoms with Crippen molar-refractivity contribution in [3.8, 4) is 0 Å². The summed E-state index contributed by atoms with van der Waals surface area (Å²) in [6.07, 6.45) is 3.13. The number of fused-ring (bicyclic) bond motifs is 1. The monoisotopic (exact) mass is 362 g/mol. The van der Waals surface area contributed by atoms with Gasteiger partial charge in [0.15, 0.2) is 23.9 Å². The molecule has 2 aromatic rings. The van der Waals surface area contributed by atoms with Crippen LogP contribution in [0, 0.1) is 5.92 Å². The zero-order valence-electron chi connectivity index (χ0n) is 14.2. The number of carbonyl (C=O) groups excluding carboxylic acids is 1. The van der Waals surface area contributed by atoms with Gasteiger partial charge in [-0.3, -0.25) is 9.36 Å². The predicted molar refractivity (Wildman–Crippen MR) is 90.4 cm³/mol. The molecule has 0 unspecified atom stereocenters. The van der Waals surface area contributed by atoms with Crippen molar-refractivity contribution in [3.05, 3.63) is 12.7 Å². The van der Waals surface area contributed by atoms with Gasteiger partial charge in [-0.25, -0.2) is 15.0 Å². The maximum atomic E-state index is 12.4. The van der Waals surface area contributed by atoms with Crippen LogP contribution in [0.25, 0.3) is 11.2 Å². The molecule has 0 radical (unpaired) electrons. The van der Waals surface area contributed by atoms with Gasteiger partial charge in [-0.05, 0) is 12.8 Å². The lowest BCUT2D eigenvalue weighted by atomic mass is 9.88. The molecule has 2 fully saturated rings. The number of aliphatic hydroxyl groups excluding tert-OH is 2. The number of imidazole rings is 1. The first-order valence-corrected chi connectivity index (χ1v) is 8.81. The number of nitrogens with zero attached hydrogens (tertiary/aromatic N) is 4. The van der Waals surface area contributed by atoms with E-state index in [9.17, 15) is 15.0 Å². The first-order valence-electron chi connectivity index (χ1n) is 8.81. The average molecular weight is 362 g/mol. The normalized spacial score (nSPS) is 29.9. The third-order valence-corrected chi connectivity index (χ3v) is 5.16. The van der Waals surface area contributed by atoms with Crippen molar-refractivity contribution in [2.75, 3.05) is 5.73 Å². The average Bonchev–Trinajstić information content (AvgIpc) is 3.20. The van der Waals surface area contributed by atoms with Gasteiger partial charge in [-0.1, -0.05) is 19.3 Å². The lowest BCUT2D eigenvalue weighted by Gasteiger charge is -2.24. The van der Waals surface area contributed by atoms with Crippen LogP contribution in [0.1, 0.15) is 38.3 Å². The SMILES string of the molecule is Nc1ncnc2c1ncn2[C@@H]1O[C@H](NC(=O)C2CCCCC2)[C@@H](O)[C@H]1O. The largest absolute Gasteiger partial charge is 0.386 e. The summed E-state index contributed by atoms with van der Waals surface area (Å²) in [6.45, 7) is 0. The van der Waals surface area contributed by atoms with E-state index in [1.807, 2.05) is 0 Å². The summed E-state index contributed by atoms with van der Waals surface area (Å²) in [5, 5.41) is 23.4. The number of amides is 1. The highest BCUT2D eigenvalue weighted by Crippen LogP contribution is 2.32. The van der Waals surface area contributed by atoms with E-state index in [0.29, 0.717) is 11.2 Å². The van der Waals surface area contributed by atoms with Crippen molar-refractivity contribution >= 4 is 22.9 Å². The summed E-state index contributed by atoms with van der Waals surface area (Å²) in [7, 11) is 0. The summed E-state index contributed by atoms with van der Waals surface area (Å²) in [4.78, 5) is 24.5. The molecule has 2 aromatic heterocycles. The molecule has 0 aromatic carbocycles. The molecule has 1 amide bonds. The minimum Gasteiger partial charge on any atom is -0.386 e. The fourth-order valence-corrected chi connectivity index (χ4v) is 3.69. The van der Waals surface area contributed by atoms with E-state index in [1.165, 1.54) is 17.2 Å². The summed E-state index contributed by atoms with van der Waals surface area (Å²) in [5.74, 6) is -0.00930. The van der Waals surface area contributed by atoms with Crippen molar-refractivity contribution in [1.29, 1.82) is 0 Å². The number of nitrogen functional groups attached to an aromatic ring is 1. The van der Waals surface area contributed by atoms with Crippen molar-refractivity contribution in [2.45, 2.75) is 56.8 Å². The van der Waals surface area contributed by atoms with Gasteiger partial charge < -0.3 is 26.0 Å². The molecule has 10 nitrogen and oxygen atoms in total. The number of hydrogen-bond acceptors (Lipinski definition) is 8. The fraction of sp³-hybridized carbons (Fsp3) is 0.625. The van der Waals surface area contributed by atoms with E-state index in [4.69, 9.17) is 10.5 Å². The Morgan fingerprint density at radius 2 is 1.96 bits per heavy atom. The van der Waals surface area contributed by atoms with Gasteiger partial charge in [0.2, 0.25) is 5.91 Å². The van der Waals surface area contributed by atoms with E-state index >= 15 is 0 Å². The molecular weight excluding hydrogens is 340 g/mol. The van der Waals surface area contributed by atoms with E-state index in [2.05, 4.69) is 20.3 Å². The second-order valence-electron chi connectivity index (χ2n) is 6.85. The van der Waals surface area contributed by atoms with Crippen LogP contribution >= 0.6 is 0 Å². The lowest BCUT2D eigenvalue weighted by Crippen LogP contribution is -2.46. The molecule has 4 atom stereocenters. The molecule has 5 N–H and O–H groups in total. The Kier molecular flexibility index (Phi) is 4.47. The van der Waals surface area contributed by atoms with Gasteiger partial charge in [0.25, 0.3) is 0 Å². The Hall–Kier alpha value is -2.30. The van der Waals surface area contributed by atoms with E-state index in [0.717, 1.165) is 32.1 Å². The number of anilines is 1. The molecule has 1 aliphatic heterocycles. The van der Waals surface area contributed by atoms with Gasteiger partial charge in [0.05, 0.1) is 6.33 Å². The minimum atomic E-state index is -1.26. The zero-order chi connectivity index (χ0) is 18.3. The molecule has 1 aliphatic carbocycles. The summed E-state index contributed by atoms with van der Waals surface area (Å²) < 4.78 is 7.21. The number of carbonyl (C=O) groups is 1. The Morgan fingerprint density at radius 1 is 1.19 bits per heavy atom. The van der Waals surface area contributed by atoms with E-state index in [-0.39, 0.29) is 17.6 Å². The van der Waals surface area contributed by atoms with Crippen molar-refractivity contribution in [2.24, 2.45) is 5.92 Å². The topological polar surface area (TPSA) is 148 Å². The van der Waals surface area contributed by atoms with Crippen LogP contribution in [-0.4, -0.2) is 54.1 Å². The smallest absolute Gasteiger partial charge is 0.225 e. The van der Waals surface area contributed by atoms with Crippen LogP contribution in [0.2, 0.25) is 0 Å². The van der Waals surface area contributed by atoms with Gasteiger partial charge in [0.1, 0.15) is 24.1 Å². The Balaban J connectivity index is 1.52. The number of nitrogens with two attached hydrogens (primary N) is 1. The highest BCUT2D eigenvalue weighted by molar-refractivity contribution is 5.81. The second kappa shape index (κ2) is 6.78. The Labute approximate surface area is 149 Å². The molecule has 2 aliphatic rings. The van der Waals surface area contributed by atoms with Gasteiger partial charge in [-0.2, -0.15) is 0 Å². The van der Waals surface area contributed by atoms with Crippen molar-refractivity contribution in [3.63, 3.8) is 0 Å². The first kappa shape index (κ1) is 17.1. The van der Waals surface area contributed by atoms with Crippen molar-refractivity contribution < 1.29 is 19.7 Å². The van der Waals surface area contributed by atoms with Gasteiger partial charge in [0, 0.05) is 5.92 Å². The number of rotatable bonds is 3. The van der Waals surface area contributed by atoms with Crippen LogP contribution in [0.5, 0.6) is 0 Å². The highest BCUT2D eigenvalue weighted by Gasteiger charge is 2.45. The minimum absolute atomic E-state index is 0.0719. The molecule has 140 valence electrons. The van der Waals surface area contributed by atoms with Crippen LogP contribution in [-0.2, 0) is 9.53 Å². The van der Waals surface area contributed by atoms with Crippen molar-refractivity contribution in [1.82, 2.24) is 24.8 Å². The quantitative estimate of drug-likeness (QED) is 0.580. The highest BCUT2D eigenvalue weighted by atomic mass is 16.6. The van der Waals surface area contributed by atoms with Gasteiger partial charge >= 0.3 is 0 Å².